The molecule has 0 saturated heterocycles. The van der Waals surface area contributed by atoms with Gasteiger partial charge in [-0.2, -0.15) is 0 Å². The lowest BCUT2D eigenvalue weighted by Crippen LogP contribution is -2.20. The van der Waals surface area contributed by atoms with E-state index in [4.69, 9.17) is 0 Å². The van der Waals surface area contributed by atoms with Gasteiger partial charge in [0.15, 0.2) is 0 Å². The van der Waals surface area contributed by atoms with E-state index in [1.807, 2.05) is 12.1 Å². The number of phenolic OH excluding ortho intramolecular Hbond substituents is 1. The highest BCUT2D eigenvalue weighted by molar-refractivity contribution is 7.10. The Kier molecular flexibility index (Phi) is 4.18. The minimum Gasteiger partial charge on any atom is -0.508 e. The van der Waals surface area contributed by atoms with E-state index in [-0.39, 0.29) is 0 Å². The van der Waals surface area contributed by atoms with E-state index in [2.05, 4.69) is 29.8 Å². The van der Waals surface area contributed by atoms with Crippen molar-refractivity contribution in [3.63, 3.8) is 0 Å². The van der Waals surface area contributed by atoms with Crippen molar-refractivity contribution >= 4 is 11.3 Å². The molecule has 2 N–H and O–H groups in total. The number of aromatic hydroxyl groups is 1. The van der Waals surface area contributed by atoms with Crippen LogP contribution in [0.25, 0.3) is 0 Å². The van der Waals surface area contributed by atoms with Crippen LogP contribution in [-0.2, 0) is 6.42 Å². The molecule has 0 saturated carbocycles. The van der Waals surface area contributed by atoms with E-state index < -0.39 is 0 Å². The molecular weight excluding hydrogens is 230 g/mol. The molecule has 0 fully saturated rings. The Labute approximate surface area is 106 Å². The van der Waals surface area contributed by atoms with E-state index in [0.29, 0.717) is 11.8 Å². The average Bonchev–Trinajstić information content (AvgIpc) is 2.85. The monoisotopic (exact) mass is 247 g/mol. The van der Waals surface area contributed by atoms with Crippen LogP contribution in [0.3, 0.4) is 0 Å². The molecule has 0 aliphatic rings. The van der Waals surface area contributed by atoms with E-state index in [1.165, 1.54) is 10.4 Å². The third kappa shape index (κ3) is 3.58. The average molecular weight is 247 g/mol. The Balaban J connectivity index is 1.78. The van der Waals surface area contributed by atoms with Gasteiger partial charge in [0.1, 0.15) is 5.75 Å². The van der Waals surface area contributed by atoms with Gasteiger partial charge in [-0.15, -0.1) is 11.3 Å². The molecule has 2 nitrogen and oxygen atoms in total. The zero-order chi connectivity index (χ0) is 12.1. The van der Waals surface area contributed by atoms with Crippen LogP contribution in [0, 0.1) is 0 Å². The molecule has 0 spiro atoms. The first-order valence-corrected chi connectivity index (χ1v) is 6.68. The summed E-state index contributed by atoms with van der Waals surface area (Å²) in [6.45, 7) is 3.13. The second-order valence-electron chi connectivity index (χ2n) is 4.11. The maximum atomic E-state index is 9.18. The number of benzene rings is 1. The minimum absolute atomic E-state index is 0.327. The second-order valence-corrected chi connectivity index (χ2v) is 5.09. The second kappa shape index (κ2) is 5.84. The molecule has 1 aromatic carbocycles. The molecular formula is C14H17NOS. The maximum Gasteiger partial charge on any atom is 0.115 e. The van der Waals surface area contributed by atoms with Gasteiger partial charge in [0, 0.05) is 10.9 Å². The van der Waals surface area contributed by atoms with Crippen molar-refractivity contribution in [2.45, 2.75) is 19.4 Å². The standard InChI is InChI=1S/C14H17NOS/c1-11(14-3-2-10-17-14)15-9-8-12-4-6-13(16)7-5-12/h2-7,10-11,15-16H,8-9H2,1H3/t11-/m1/s1. The molecule has 1 aromatic heterocycles. The van der Waals surface area contributed by atoms with Crippen molar-refractivity contribution in [2.24, 2.45) is 0 Å². The molecule has 0 amide bonds. The summed E-state index contributed by atoms with van der Waals surface area (Å²) < 4.78 is 0. The number of hydrogen-bond acceptors (Lipinski definition) is 3. The molecule has 90 valence electrons. The molecule has 3 heteroatoms. The SMILES string of the molecule is C[C@@H](NCCc1ccc(O)cc1)c1cccs1. The summed E-state index contributed by atoms with van der Waals surface area (Å²) in [6.07, 6.45) is 0.982. The fourth-order valence-corrected chi connectivity index (χ4v) is 2.49. The molecule has 1 heterocycles. The van der Waals surface area contributed by atoms with Crippen LogP contribution in [0.15, 0.2) is 41.8 Å². The van der Waals surface area contributed by atoms with Gasteiger partial charge < -0.3 is 10.4 Å². The largest absolute Gasteiger partial charge is 0.508 e. The third-order valence-corrected chi connectivity index (χ3v) is 3.83. The Morgan fingerprint density at radius 2 is 2.00 bits per heavy atom. The molecule has 1 atom stereocenters. The highest BCUT2D eigenvalue weighted by Gasteiger charge is 2.04. The number of phenols is 1. The first kappa shape index (κ1) is 12.1. The molecule has 2 rings (SSSR count). The summed E-state index contributed by atoms with van der Waals surface area (Å²) in [5.41, 5.74) is 1.24. The molecule has 0 aliphatic carbocycles. The van der Waals surface area contributed by atoms with Crippen LogP contribution in [0.2, 0.25) is 0 Å². The third-order valence-electron chi connectivity index (χ3n) is 2.77. The first-order chi connectivity index (χ1) is 8.25. The van der Waals surface area contributed by atoms with Crippen LogP contribution in [0.5, 0.6) is 5.75 Å². The van der Waals surface area contributed by atoms with Gasteiger partial charge in [0.25, 0.3) is 0 Å². The zero-order valence-corrected chi connectivity index (χ0v) is 10.7. The van der Waals surface area contributed by atoms with Crippen LogP contribution in [0.4, 0.5) is 0 Å². The summed E-state index contributed by atoms with van der Waals surface area (Å²) in [5, 5.41) is 14.8. The summed E-state index contributed by atoms with van der Waals surface area (Å²) in [4.78, 5) is 1.37. The van der Waals surface area contributed by atoms with Gasteiger partial charge in [-0.3, -0.25) is 0 Å². The fourth-order valence-electron chi connectivity index (χ4n) is 1.73. The van der Waals surface area contributed by atoms with E-state index in [9.17, 15) is 5.11 Å². The summed E-state index contributed by atoms with van der Waals surface area (Å²) in [6, 6.07) is 12.0. The van der Waals surface area contributed by atoms with Crippen LogP contribution < -0.4 is 5.32 Å². The van der Waals surface area contributed by atoms with Crippen molar-refractivity contribution < 1.29 is 5.11 Å². The predicted molar refractivity (Wildman–Crippen MR) is 72.5 cm³/mol. The smallest absolute Gasteiger partial charge is 0.115 e. The van der Waals surface area contributed by atoms with Crippen LogP contribution in [-0.4, -0.2) is 11.7 Å². The quantitative estimate of drug-likeness (QED) is 0.849. The van der Waals surface area contributed by atoms with Crippen molar-refractivity contribution in [2.75, 3.05) is 6.54 Å². The molecule has 0 aliphatic heterocycles. The molecule has 0 radical (unpaired) electrons. The Morgan fingerprint density at radius 1 is 1.24 bits per heavy atom. The first-order valence-electron chi connectivity index (χ1n) is 5.80. The number of rotatable bonds is 5. The predicted octanol–water partition coefficient (Wildman–Crippen LogP) is 3.35. The van der Waals surface area contributed by atoms with Gasteiger partial charge in [-0.1, -0.05) is 18.2 Å². The lowest BCUT2D eigenvalue weighted by atomic mass is 10.1. The number of thiophene rings is 1. The van der Waals surface area contributed by atoms with Crippen LogP contribution >= 0.6 is 11.3 Å². The Bertz CT molecular complexity index is 436. The van der Waals surface area contributed by atoms with Crippen molar-refractivity contribution in [3.05, 3.63) is 52.2 Å². The normalized spacial score (nSPS) is 12.5. The lowest BCUT2D eigenvalue weighted by molar-refractivity contribution is 0.475. The molecule has 2 aromatic rings. The molecule has 17 heavy (non-hydrogen) atoms. The molecule has 0 bridgehead atoms. The van der Waals surface area contributed by atoms with Gasteiger partial charge in [-0.25, -0.2) is 0 Å². The van der Waals surface area contributed by atoms with E-state index >= 15 is 0 Å². The Morgan fingerprint density at radius 3 is 2.65 bits per heavy atom. The number of hydrogen-bond donors (Lipinski definition) is 2. The maximum absolute atomic E-state index is 9.18. The van der Waals surface area contributed by atoms with Gasteiger partial charge in [0.05, 0.1) is 0 Å². The van der Waals surface area contributed by atoms with Gasteiger partial charge in [-0.05, 0) is 49.0 Å². The van der Waals surface area contributed by atoms with E-state index in [1.54, 1.807) is 23.5 Å². The summed E-state index contributed by atoms with van der Waals surface area (Å²) in [7, 11) is 0. The molecule has 0 unspecified atom stereocenters. The van der Waals surface area contributed by atoms with Crippen molar-refractivity contribution in [3.8, 4) is 5.75 Å². The van der Waals surface area contributed by atoms with Gasteiger partial charge >= 0.3 is 0 Å². The fraction of sp³-hybridized carbons (Fsp3) is 0.286. The zero-order valence-electron chi connectivity index (χ0n) is 9.89. The number of nitrogens with one attached hydrogen (secondary N) is 1. The summed E-state index contributed by atoms with van der Waals surface area (Å²) in [5.74, 6) is 0.327. The summed E-state index contributed by atoms with van der Waals surface area (Å²) >= 11 is 1.78. The van der Waals surface area contributed by atoms with Crippen molar-refractivity contribution in [1.82, 2.24) is 5.32 Å². The topological polar surface area (TPSA) is 32.3 Å². The van der Waals surface area contributed by atoms with E-state index in [0.717, 1.165) is 13.0 Å². The minimum atomic E-state index is 0.327. The Hall–Kier alpha value is -1.32. The highest BCUT2D eigenvalue weighted by atomic mass is 32.1. The highest BCUT2D eigenvalue weighted by Crippen LogP contribution is 2.18. The lowest BCUT2D eigenvalue weighted by Gasteiger charge is -2.11. The van der Waals surface area contributed by atoms with Crippen molar-refractivity contribution in [1.29, 1.82) is 0 Å². The van der Waals surface area contributed by atoms with Crippen LogP contribution in [0.1, 0.15) is 23.4 Å². The van der Waals surface area contributed by atoms with Gasteiger partial charge in [0.2, 0.25) is 0 Å².